The van der Waals surface area contributed by atoms with E-state index in [-0.39, 0.29) is 0 Å². The maximum absolute atomic E-state index is 10.5. The standard InChI is InChI=1S/C18H32O16/c19-1-6-9(23)10(24)12(26)17(32-6)34-14-7(2-20)33-16(13(27)11(14)25)30-4-18(29)15(28)8(22)5(21)3-31-18/h5-17,19-29H,1-4H2/t5-,6-,7-,8+,9-,10+,11-,12-,13-,14-,15+,16+,17-,18+/m1/s1. The minimum Gasteiger partial charge on any atom is -0.394 e. The van der Waals surface area contributed by atoms with Gasteiger partial charge in [0.2, 0.25) is 5.79 Å². The van der Waals surface area contributed by atoms with Gasteiger partial charge in [-0.1, -0.05) is 0 Å². The van der Waals surface area contributed by atoms with E-state index in [1.54, 1.807) is 0 Å². The Hall–Kier alpha value is -0.640. The maximum atomic E-state index is 10.5. The molecule has 14 atom stereocenters. The average molecular weight is 504 g/mol. The van der Waals surface area contributed by atoms with Crippen LogP contribution in [-0.2, 0) is 23.7 Å². The van der Waals surface area contributed by atoms with Gasteiger partial charge in [0.15, 0.2) is 12.6 Å². The van der Waals surface area contributed by atoms with E-state index in [2.05, 4.69) is 0 Å². The molecule has 3 aliphatic rings. The predicted molar refractivity (Wildman–Crippen MR) is 101 cm³/mol. The lowest BCUT2D eigenvalue weighted by Gasteiger charge is -2.46. The zero-order chi connectivity index (χ0) is 25.4. The molecule has 200 valence electrons. The van der Waals surface area contributed by atoms with Crippen LogP contribution in [0.1, 0.15) is 0 Å². The van der Waals surface area contributed by atoms with E-state index in [9.17, 15) is 56.2 Å². The van der Waals surface area contributed by atoms with Crippen molar-refractivity contribution >= 4 is 0 Å². The van der Waals surface area contributed by atoms with Crippen molar-refractivity contribution in [1.29, 1.82) is 0 Å². The molecule has 3 fully saturated rings. The van der Waals surface area contributed by atoms with Crippen LogP contribution in [-0.4, -0.2) is 168 Å². The third-order valence-electron chi connectivity index (χ3n) is 6.10. The van der Waals surface area contributed by atoms with Crippen molar-refractivity contribution in [2.45, 2.75) is 85.5 Å². The molecule has 0 radical (unpaired) electrons. The van der Waals surface area contributed by atoms with E-state index in [0.29, 0.717) is 0 Å². The molecule has 0 aromatic heterocycles. The van der Waals surface area contributed by atoms with E-state index >= 15 is 0 Å². The lowest BCUT2D eigenvalue weighted by molar-refractivity contribution is -0.379. The third-order valence-corrected chi connectivity index (χ3v) is 6.10. The van der Waals surface area contributed by atoms with Crippen molar-refractivity contribution in [3.8, 4) is 0 Å². The molecule has 0 saturated carbocycles. The number of aliphatic hydroxyl groups excluding tert-OH is 10. The van der Waals surface area contributed by atoms with Gasteiger partial charge in [-0.2, -0.15) is 0 Å². The number of hydrogen-bond acceptors (Lipinski definition) is 16. The second kappa shape index (κ2) is 11.2. The molecule has 16 heteroatoms. The summed E-state index contributed by atoms with van der Waals surface area (Å²) in [5.74, 6) is -2.49. The molecule has 11 N–H and O–H groups in total. The Balaban J connectivity index is 1.65. The molecule has 0 unspecified atom stereocenters. The fraction of sp³-hybridized carbons (Fsp3) is 1.00. The van der Waals surface area contributed by atoms with Crippen LogP contribution in [0.5, 0.6) is 0 Å². The monoisotopic (exact) mass is 504 g/mol. The van der Waals surface area contributed by atoms with Crippen LogP contribution < -0.4 is 0 Å². The molecule has 34 heavy (non-hydrogen) atoms. The molecule has 3 heterocycles. The first-order chi connectivity index (χ1) is 15.9. The molecule has 0 aliphatic carbocycles. The van der Waals surface area contributed by atoms with Gasteiger partial charge in [-0.15, -0.1) is 0 Å². The van der Waals surface area contributed by atoms with E-state index in [0.717, 1.165) is 0 Å². The SMILES string of the molecule is OC[C@H]1O[C@H](O[C@H]2[C@H](O)[C@@H](O)[C@@H](OC[C@]3(O)OC[C@@H](O)[C@H](O)[C@@H]3O)O[C@@H]2CO)[C@H](O)[C@@H](O)[C@@H]1O. The summed E-state index contributed by atoms with van der Waals surface area (Å²) in [5.41, 5.74) is 0. The van der Waals surface area contributed by atoms with Gasteiger partial charge in [-0.05, 0) is 0 Å². The molecule has 16 nitrogen and oxygen atoms in total. The van der Waals surface area contributed by atoms with Crippen LogP contribution in [0.3, 0.4) is 0 Å². The summed E-state index contributed by atoms with van der Waals surface area (Å²) in [7, 11) is 0. The normalized spacial score (nSPS) is 52.5. The molecule has 0 aromatic carbocycles. The predicted octanol–water partition coefficient (Wildman–Crippen LogP) is -7.57. The van der Waals surface area contributed by atoms with Gasteiger partial charge >= 0.3 is 0 Å². The molecular formula is C18H32O16. The molecule has 0 bridgehead atoms. The highest BCUT2D eigenvalue weighted by molar-refractivity contribution is 4.95. The lowest BCUT2D eigenvalue weighted by Crippen LogP contribution is -2.66. The molecule has 0 amide bonds. The Labute approximate surface area is 192 Å². The van der Waals surface area contributed by atoms with Crippen LogP contribution in [0.15, 0.2) is 0 Å². The Bertz CT molecular complexity index is 651. The zero-order valence-electron chi connectivity index (χ0n) is 17.8. The highest BCUT2D eigenvalue weighted by Gasteiger charge is 2.53. The van der Waals surface area contributed by atoms with Crippen LogP contribution in [0.4, 0.5) is 0 Å². The van der Waals surface area contributed by atoms with Crippen LogP contribution in [0, 0.1) is 0 Å². The van der Waals surface area contributed by atoms with E-state index < -0.39 is 112 Å². The quantitative estimate of drug-likeness (QED) is 0.154. The first-order valence-corrected chi connectivity index (χ1v) is 10.6. The molecule has 3 rings (SSSR count). The number of aliphatic hydroxyl groups is 11. The van der Waals surface area contributed by atoms with Gasteiger partial charge in [0, 0.05) is 0 Å². The van der Waals surface area contributed by atoms with Crippen molar-refractivity contribution < 1.29 is 79.9 Å². The second-order valence-electron chi connectivity index (χ2n) is 8.47. The first kappa shape index (κ1) is 27.9. The number of hydrogen-bond donors (Lipinski definition) is 11. The maximum Gasteiger partial charge on any atom is 0.219 e. The van der Waals surface area contributed by atoms with Crippen molar-refractivity contribution in [1.82, 2.24) is 0 Å². The van der Waals surface area contributed by atoms with Gasteiger partial charge in [-0.25, -0.2) is 0 Å². The third kappa shape index (κ3) is 5.37. The summed E-state index contributed by atoms with van der Waals surface area (Å²) < 4.78 is 26.1. The molecule has 3 saturated heterocycles. The highest BCUT2D eigenvalue weighted by Crippen LogP contribution is 2.31. The van der Waals surface area contributed by atoms with Crippen molar-refractivity contribution in [2.75, 3.05) is 26.4 Å². The lowest BCUT2D eigenvalue weighted by atomic mass is 9.96. The zero-order valence-corrected chi connectivity index (χ0v) is 17.8. The summed E-state index contributed by atoms with van der Waals surface area (Å²) in [5, 5.41) is 109. The Morgan fingerprint density at radius 2 is 1.29 bits per heavy atom. The fourth-order valence-electron chi connectivity index (χ4n) is 3.91. The summed E-state index contributed by atoms with van der Waals surface area (Å²) in [6.07, 6.45) is -21.9. The molecule has 0 spiro atoms. The smallest absolute Gasteiger partial charge is 0.219 e. The largest absolute Gasteiger partial charge is 0.394 e. The van der Waals surface area contributed by atoms with E-state index in [1.807, 2.05) is 0 Å². The molecule has 3 aliphatic heterocycles. The summed E-state index contributed by atoms with van der Waals surface area (Å²) >= 11 is 0. The van der Waals surface area contributed by atoms with E-state index in [4.69, 9.17) is 23.7 Å². The van der Waals surface area contributed by atoms with Crippen molar-refractivity contribution in [2.24, 2.45) is 0 Å². The summed E-state index contributed by atoms with van der Waals surface area (Å²) in [6.45, 7) is -2.97. The van der Waals surface area contributed by atoms with Gasteiger partial charge in [0.1, 0.15) is 73.8 Å². The van der Waals surface area contributed by atoms with Gasteiger partial charge < -0.3 is 79.9 Å². The van der Waals surface area contributed by atoms with E-state index in [1.165, 1.54) is 0 Å². The number of ether oxygens (including phenoxy) is 5. The Kier molecular flexibility index (Phi) is 9.18. The van der Waals surface area contributed by atoms with Crippen LogP contribution in [0.2, 0.25) is 0 Å². The van der Waals surface area contributed by atoms with Gasteiger partial charge in [-0.3, -0.25) is 0 Å². The first-order valence-electron chi connectivity index (χ1n) is 10.6. The topological polar surface area (TPSA) is 269 Å². The van der Waals surface area contributed by atoms with Crippen LogP contribution >= 0.6 is 0 Å². The van der Waals surface area contributed by atoms with Gasteiger partial charge in [0.05, 0.1) is 19.8 Å². The minimum absolute atomic E-state index is 0.539. The highest BCUT2D eigenvalue weighted by atomic mass is 16.8. The minimum atomic E-state index is -2.49. The van der Waals surface area contributed by atoms with Crippen molar-refractivity contribution in [3.05, 3.63) is 0 Å². The van der Waals surface area contributed by atoms with Crippen molar-refractivity contribution in [3.63, 3.8) is 0 Å². The number of rotatable bonds is 7. The van der Waals surface area contributed by atoms with Gasteiger partial charge in [0.25, 0.3) is 0 Å². The fourth-order valence-corrected chi connectivity index (χ4v) is 3.91. The summed E-state index contributed by atoms with van der Waals surface area (Å²) in [6, 6.07) is 0. The van der Waals surface area contributed by atoms with Crippen LogP contribution in [0.25, 0.3) is 0 Å². The Morgan fingerprint density at radius 3 is 1.91 bits per heavy atom. The molecule has 0 aromatic rings. The second-order valence-corrected chi connectivity index (χ2v) is 8.47. The average Bonchev–Trinajstić information content (AvgIpc) is 2.83. The Morgan fingerprint density at radius 1 is 0.706 bits per heavy atom. The summed E-state index contributed by atoms with van der Waals surface area (Å²) in [4.78, 5) is 0. The molecular weight excluding hydrogens is 472 g/mol.